The van der Waals surface area contributed by atoms with Gasteiger partial charge in [0, 0.05) is 42.3 Å². The Morgan fingerprint density at radius 2 is 1.92 bits per heavy atom. The van der Waals surface area contributed by atoms with Gasteiger partial charge in [0.15, 0.2) is 11.6 Å². The monoisotopic (exact) mass is 539 g/mol. The van der Waals surface area contributed by atoms with E-state index < -0.39 is 23.5 Å². The third-order valence-corrected chi connectivity index (χ3v) is 9.78. The molecule has 0 spiro atoms. The largest absolute Gasteiger partial charge is 0.507 e. The smallest absolute Gasteiger partial charge is 0.228 e. The molecule has 9 heteroatoms. The van der Waals surface area contributed by atoms with E-state index in [2.05, 4.69) is 11.8 Å². The van der Waals surface area contributed by atoms with E-state index in [-0.39, 0.29) is 41.1 Å². The van der Waals surface area contributed by atoms with E-state index in [1.54, 1.807) is 20.3 Å². The number of aromatic hydroxyl groups is 1. The van der Waals surface area contributed by atoms with E-state index in [4.69, 9.17) is 15.2 Å². The van der Waals surface area contributed by atoms with Crippen molar-refractivity contribution in [1.82, 2.24) is 9.80 Å². The summed E-state index contributed by atoms with van der Waals surface area (Å²) in [5.41, 5.74) is 7.92. The predicted octanol–water partition coefficient (Wildman–Crippen LogP) is 2.47. The Morgan fingerprint density at radius 3 is 2.46 bits per heavy atom. The van der Waals surface area contributed by atoms with Crippen molar-refractivity contribution < 1.29 is 29.0 Å². The minimum absolute atomic E-state index is 0.0370. The molecule has 5 unspecified atom stereocenters. The van der Waals surface area contributed by atoms with Gasteiger partial charge in [0.05, 0.1) is 24.3 Å². The topological polar surface area (TPSA) is 122 Å². The molecule has 0 heterocycles. The molecular formula is C30H41N3O6. The molecule has 9 nitrogen and oxygen atoms in total. The molecule has 3 N–H and O–H groups in total. The molecule has 0 saturated heterocycles. The van der Waals surface area contributed by atoms with E-state index in [1.807, 2.05) is 25.9 Å². The van der Waals surface area contributed by atoms with Crippen molar-refractivity contribution >= 4 is 17.5 Å². The molecule has 0 radical (unpaired) electrons. The first-order valence-corrected chi connectivity index (χ1v) is 14.0. The number of ether oxygens (including phenoxy) is 2. The zero-order chi connectivity index (χ0) is 28.4. The van der Waals surface area contributed by atoms with E-state index in [9.17, 15) is 19.5 Å². The highest BCUT2D eigenvalue weighted by Crippen LogP contribution is 2.56. The number of amides is 1. The highest BCUT2D eigenvalue weighted by Gasteiger charge is 2.60. The van der Waals surface area contributed by atoms with Crippen LogP contribution < -0.4 is 10.5 Å². The molecule has 212 valence electrons. The first-order chi connectivity index (χ1) is 18.5. The number of phenolic OH excluding ortho intramolecular Hbond substituents is 1. The molecule has 0 aliphatic heterocycles. The van der Waals surface area contributed by atoms with Crippen molar-refractivity contribution in [2.24, 2.45) is 23.5 Å². The Balaban J connectivity index is 1.64. The van der Waals surface area contributed by atoms with Crippen LogP contribution in [0, 0.1) is 17.8 Å². The average molecular weight is 540 g/mol. The molecular weight excluding hydrogens is 498 g/mol. The van der Waals surface area contributed by atoms with Gasteiger partial charge in [-0.2, -0.15) is 0 Å². The molecule has 39 heavy (non-hydrogen) atoms. The van der Waals surface area contributed by atoms with Gasteiger partial charge < -0.3 is 20.3 Å². The van der Waals surface area contributed by atoms with Crippen LogP contribution >= 0.6 is 0 Å². The minimum atomic E-state index is -1.00. The standard InChI is InChI=1S/C30H41N3O6/c1-7-33(18-8-9-18)14-17-12-22(34)24-19(28(17)38-5)10-16-11-21-25(32(3)4)26(35)20(29(31)37)13-30(21,39-6)15(2)23(16)27(24)36/h12,16,18,20-21,25,34H,7-11,13-14H2,1-6H3,(H2,31,37). The zero-order valence-electron chi connectivity index (χ0n) is 23.9. The van der Waals surface area contributed by atoms with Crippen molar-refractivity contribution in [3.05, 3.63) is 33.9 Å². The lowest BCUT2D eigenvalue weighted by Crippen LogP contribution is -2.65. The summed E-state index contributed by atoms with van der Waals surface area (Å²) in [6.45, 7) is 5.55. The number of ketones is 2. The normalized spacial score (nSPS) is 30.4. The van der Waals surface area contributed by atoms with Gasteiger partial charge in [-0.15, -0.1) is 0 Å². The van der Waals surface area contributed by atoms with Crippen LogP contribution in [0.3, 0.4) is 0 Å². The first kappa shape index (κ1) is 27.8. The van der Waals surface area contributed by atoms with Crippen molar-refractivity contribution in [2.45, 2.75) is 70.2 Å². The number of hydrogen-bond donors (Lipinski definition) is 2. The van der Waals surface area contributed by atoms with E-state index in [0.717, 1.165) is 23.2 Å². The number of hydrogen-bond acceptors (Lipinski definition) is 8. The maximum Gasteiger partial charge on any atom is 0.228 e. The quantitative estimate of drug-likeness (QED) is 0.483. The lowest BCUT2D eigenvalue weighted by molar-refractivity contribution is -0.157. The van der Waals surface area contributed by atoms with Crippen LogP contribution in [0.1, 0.15) is 61.0 Å². The SMILES string of the molecule is CCN(Cc1cc(O)c2c(c1OC)CC1CC3C(N(C)C)C(=O)C(C(N)=O)CC3(OC)C(C)=C1C2=O)C1CC1. The molecule has 0 bridgehead atoms. The number of likely N-dealkylation sites (N-methyl/N-ethyl adjacent to an activating group) is 1. The van der Waals surface area contributed by atoms with Gasteiger partial charge >= 0.3 is 0 Å². The van der Waals surface area contributed by atoms with Gasteiger partial charge in [-0.25, -0.2) is 0 Å². The molecule has 5 rings (SSSR count). The maximum absolute atomic E-state index is 14.2. The van der Waals surface area contributed by atoms with Crippen molar-refractivity contribution in [3.63, 3.8) is 0 Å². The second kappa shape index (κ2) is 10.0. The zero-order valence-corrected chi connectivity index (χ0v) is 23.9. The summed E-state index contributed by atoms with van der Waals surface area (Å²) in [6.07, 6.45) is 3.50. The Labute approximate surface area is 230 Å². The summed E-state index contributed by atoms with van der Waals surface area (Å²) in [4.78, 5) is 44.3. The number of nitrogens with two attached hydrogens (primary N) is 1. The summed E-state index contributed by atoms with van der Waals surface area (Å²) in [5.74, 6) is -1.93. The number of methoxy groups -OCH3 is 2. The van der Waals surface area contributed by atoms with Crippen LogP contribution in [0.4, 0.5) is 0 Å². The average Bonchev–Trinajstić information content (AvgIpc) is 3.72. The highest BCUT2D eigenvalue weighted by atomic mass is 16.5. The summed E-state index contributed by atoms with van der Waals surface area (Å²) >= 11 is 0. The lowest BCUT2D eigenvalue weighted by atomic mass is 9.55. The van der Waals surface area contributed by atoms with Crippen molar-refractivity contribution in [3.8, 4) is 11.5 Å². The lowest BCUT2D eigenvalue weighted by Gasteiger charge is -2.55. The number of phenols is 1. The number of rotatable bonds is 8. The summed E-state index contributed by atoms with van der Waals surface area (Å²) < 4.78 is 12.1. The number of allylic oxidation sites excluding steroid dienone is 1. The molecule has 4 aliphatic carbocycles. The van der Waals surface area contributed by atoms with Gasteiger partial charge in [0.1, 0.15) is 17.4 Å². The summed E-state index contributed by atoms with van der Waals surface area (Å²) in [6, 6.07) is 1.65. The highest BCUT2D eigenvalue weighted by molar-refractivity contribution is 6.14. The van der Waals surface area contributed by atoms with Gasteiger partial charge in [-0.3, -0.25) is 24.2 Å². The number of carbonyl (C=O) groups excluding carboxylic acids is 3. The predicted molar refractivity (Wildman–Crippen MR) is 146 cm³/mol. The molecule has 1 aromatic rings. The minimum Gasteiger partial charge on any atom is -0.507 e. The van der Waals surface area contributed by atoms with Crippen LogP contribution in [0.5, 0.6) is 11.5 Å². The number of Topliss-reactive ketones (excluding diaryl/α,β-unsaturated/α-hetero) is 2. The Hall–Kier alpha value is -2.75. The second-order valence-corrected chi connectivity index (χ2v) is 11.9. The van der Waals surface area contributed by atoms with Crippen LogP contribution in [0.2, 0.25) is 0 Å². The molecule has 4 aliphatic rings. The molecule has 5 atom stereocenters. The van der Waals surface area contributed by atoms with E-state index >= 15 is 0 Å². The van der Waals surface area contributed by atoms with Crippen molar-refractivity contribution in [2.75, 3.05) is 34.9 Å². The summed E-state index contributed by atoms with van der Waals surface area (Å²) in [7, 11) is 6.85. The second-order valence-electron chi connectivity index (χ2n) is 11.9. The number of benzene rings is 1. The fourth-order valence-corrected chi connectivity index (χ4v) is 7.83. The number of primary amides is 1. The molecule has 0 aromatic heterocycles. The third kappa shape index (κ3) is 4.21. The van der Waals surface area contributed by atoms with Crippen LogP contribution in [0.25, 0.3) is 0 Å². The van der Waals surface area contributed by atoms with E-state index in [0.29, 0.717) is 36.8 Å². The van der Waals surface area contributed by atoms with Gasteiger partial charge in [-0.1, -0.05) is 6.92 Å². The molecule has 2 saturated carbocycles. The number of fused-ring (bicyclic) bond motifs is 3. The van der Waals surface area contributed by atoms with Crippen molar-refractivity contribution in [1.29, 1.82) is 0 Å². The van der Waals surface area contributed by atoms with Crippen LogP contribution in [-0.4, -0.2) is 84.9 Å². The number of carbonyl (C=O) groups is 3. The maximum atomic E-state index is 14.2. The number of nitrogens with zero attached hydrogens (tertiary/aromatic N) is 2. The Kier molecular flexibility index (Phi) is 7.14. The molecule has 1 aromatic carbocycles. The fourth-order valence-electron chi connectivity index (χ4n) is 7.83. The van der Waals surface area contributed by atoms with Gasteiger partial charge in [0.2, 0.25) is 5.91 Å². The van der Waals surface area contributed by atoms with E-state index in [1.165, 1.54) is 12.8 Å². The third-order valence-electron chi connectivity index (χ3n) is 9.78. The fraction of sp³-hybridized carbons (Fsp3) is 0.633. The van der Waals surface area contributed by atoms with Gasteiger partial charge in [-0.05, 0) is 77.2 Å². The Bertz CT molecular complexity index is 1250. The van der Waals surface area contributed by atoms with Crippen LogP contribution in [0.15, 0.2) is 17.2 Å². The first-order valence-electron chi connectivity index (χ1n) is 14.0. The van der Waals surface area contributed by atoms with Crippen LogP contribution in [-0.2, 0) is 27.3 Å². The molecule has 1 amide bonds. The van der Waals surface area contributed by atoms with Gasteiger partial charge in [0.25, 0.3) is 0 Å². The molecule has 2 fully saturated rings. The Morgan fingerprint density at radius 1 is 1.23 bits per heavy atom. The summed E-state index contributed by atoms with van der Waals surface area (Å²) in [5, 5.41) is 11.2.